The number of amides is 1. The summed E-state index contributed by atoms with van der Waals surface area (Å²) in [5.41, 5.74) is -0.359. The zero-order valence-electron chi connectivity index (χ0n) is 14.7. The van der Waals surface area contributed by atoms with Crippen molar-refractivity contribution in [2.45, 2.75) is 6.92 Å². The van der Waals surface area contributed by atoms with Crippen LogP contribution in [-0.2, 0) is 0 Å². The molecule has 2 aromatic carbocycles. The van der Waals surface area contributed by atoms with E-state index in [0.717, 1.165) is 6.07 Å². The summed E-state index contributed by atoms with van der Waals surface area (Å²) in [6.07, 6.45) is 0. The van der Waals surface area contributed by atoms with Gasteiger partial charge in [-0.25, -0.2) is 4.39 Å². The van der Waals surface area contributed by atoms with Gasteiger partial charge >= 0.3 is 5.69 Å². The largest absolute Gasteiger partial charge is 0.490 e. The molecular formula is C18H13ClFN3O5. The molecule has 10 heteroatoms. The van der Waals surface area contributed by atoms with Gasteiger partial charge in [-0.2, -0.15) is 0 Å². The van der Waals surface area contributed by atoms with E-state index in [2.05, 4.69) is 10.5 Å². The van der Waals surface area contributed by atoms with Crippen molar-refractivity contribution in [2.75, 3.05) is 12.4 Å². The minimum absolute atomic E-state index is 0.0366. The van der Waals surface area contributed by atoms with Crippen molar-refractivity contribution >= 4 is 28.9 Å². The number of aromatic nitrogens is 1. The molecule has 1 aromatic heterocycles. The molecule has 8 nitrogen and oxygen atoms in total. The quantitative estimate of drug-likeness (QED) is 0.490. The number of carbonyl (C=O) groups is 1. The zero-order valence-corrected chi connectivity index (χ0v) is 15.4. The Kier molecular flexibility index (Phi) is 5.27. The van der Waals surface area contributed by atoms with Crippen LogP contribution in [0.25, 0.3) is 11.3 Å². The smallest absolute Gasteiger partial charge is 0.312 e. The number of methoxy groups -OCH3 is 1. The summed E-state index contributed by atoms with van der Waals surface area (Å²) >= 11 is 6.06. The summed E-state index contributed by atoms with van der Waals surface area (Å²) in [5.74, 6) is -1.18. The average Bonchev–Trinajstić information content (AvgIpc) is 3.02. The van der Waals surface area contributed by atoms with Gasteiger partial charge in [-0.05, 0) is 31.2 Å². The molecule has 0 aliphatic rings. The lowest BCUT2D eigenvalue weighted by Crippen LogP contribution is -2.14. The third-order valence-electron chi connectivity index (χ3n) is 3.92. The number of aryl methyl sites for hydroxylation is 1. The van der Waals surface area contributed by atoms with Gasteiger partial charge < -0.3 is 14.6 Å². The van der Waals surface area contributed by atoms with E-state index >= 15 is 0 Å². The second-order valence-electron chi connectivity index (χ2n) is 5.66. The van der Waals surface area contributed by atoms with E-state index in [1.54, 1.807) is 0 Å². The summed E-state index contributed by atoms with van der Waals surface area (Å²) < 4.78 is 24.2. The second-order valence-corrected chi connectivity index (χ2v) is 6.06. The molecule has 0 atom stereocenters. The molecule has 144 valence electrons. The van der Waals surface area contributed by atoms with Crippen LogP contribution >= 0.6 is 11.6 Å². The Balaban J connectivity index is 2.00. The molecule has 1 amide bonds. The molecule has 28 heavy (non-hydrogen) atoms. The van der Waals surface area contributed by atoms with Crippen LogP contribution in [0.2, 0.25) is 5.02 Å². The van der Waals surface area contributed by atoms with Gasteiger partial charge in [0.25, 0.3) is 5.91 Å². The number of nitro groups is 1. The number of rotatable bonds is 5. The predicted octanol–water partition coefficient (Wildman–Crippen LogP) is 4.61. The van der Waals surface area contributed by atoms with Crippen molar-refractivity contribution in [1.29, 1.82) is 0 Å². The van der Waals surface area contributed by atoms with E-state index in [4.69, 9.17) is 20.9 Å². The highest BCUT2D eigenvalue weighted by Crippen LogP contribution is 2.34. The highest BCUT2D eigenvalue weighted by atomic mass is 35.5. The third kappa shape index (κ3) is 3.52. The van der Waals surface area contributed by atoms with Gasteiger partial charge in [-0.15, -0.1) is 0 Å². The van der Waals surface area contributed by atoms with E-state index in [1.165, 1.54) is 44.4 Å². The van der Waals surface area contributed by atoms with E-state index in [0.29, 0.717) is 0 Å². The summed E-state index contributed by atoms with van der Waals surface area (Å²) in [7, 11) is 1.30. The standard InChI is InChI=1S/C18H13ClFN3O5/c1-9-15(17(22-28-9)16-11(19)4-3-5-12(16)20)18(24)21-10-6-7-14(27-2)13(8-10)23(25)26/h3-8H,1-2H3,(H,21,24). The lowest BCUT2D eigenvalue weighted by atomic mass is 10.0. The first-order valence-electron chi connectivity index (χ1n) is 7.88. The number of anilines is 1. The van der Waals surface area contributed by atoms with Crippen molar-refractivity contribution in [2.24, 2.45) is 0 Å². The second kappa shape index (κ2) is 7.65. The van der Waals surface area contributed by atoms with E-state index in [1.807, 2.05) is 0 Å². The number of hydrogen-bond donors (Lipinski definition) is 1. The Morgan fingerprint density at radius 1 is 1.36 bits per heavy atom. The molecule has 0 radical (unpaired) electrons. The molecular weight excluding hydrogens is 393 g/mol. The number of nitrogens with one attached hydrogen (secondary N) is 1. The molecule has 0 aliphatic heterocycles. The van der Waals surface area contributed by atoms with Crippen LogP contribution in [0.4, 0.5) is 15.8 Å². The molecule has 3 rings (SSSR count). The van der Waals surface area contributed by atoms with Gasteiger partial charge in [0, 0.05) is 11.8 Å². The summed E-state index contributed by atoms with van der Waals surface area (Å²) in [5, 5.41) is 17.5. The summed E-state index contributed by atoms with van der Waals surface area (Å²) in [6.45, 7) is 1.48. The van der Waals surface area contributed by atoms with E-state index in [-0.39, 0.29) is 44.7 Å². The maximum Gasteiger partial charge on any atom is 0.312 e. The number of benzene rings is 2. The van der Waals surface area contributed by atoms with Gasteiger partial charge in [-0.1, -0.05) is 22.8 Å². The predicted molar refractivity (Wildman–Crippen MR) is 99.2 cm³/mol. The van der Waals surface area contributed by atoms with Crippen LogP contribution in [0.3, 0.4) is 0 Å². The fourth-order valence-electron chi connectivity index (χ4n) is 2.64. The third-order valence-corrected chi connectivity index (χ3v) is 4.24. The Hall–Kier alpha value is -3.46. The average molecular weight is 406 g/mol. The molecule has 1 heterocycles. The lowest BCUT2D eigenvalue weighted by molar-refractivity contribution is -0.385. The fraction of sp³-hybridized carbons (Fsp3) is 0.111. The van der Waals surface area contributed by atoms with Crippen molar-refractivity contribution in [1.82, 2.24) is 5.16 Å². The van der Waals surface area contributed by atoms with Gasteiger partial charge in [0.2, 0.25) is 0 Å². The molecule has 0 bridgehead atoms. The van der Waals surface area contributed by atoms with Gasteiger partial charge in [0.1, 0.15) is 22.8 Å². The van der Waals surface area contributed by atoms with Crippen LogP contribution in [-0.4, -0.2) is 23.1 Å². The maximum atomic E-state index is 14.3. The zero-order chi connectivity index (χ0) is 20.4. The molecule has 0 aliphatic carbocycles. The first kappa shape index (κ1) is 19.3. The molecule has 0 fully saturated rings. The molecule has 0 saturated carbocycles. The minimum Gasteiger partial charge on any atom is -0.490 e. The number of ether oxygens (including phenoxy) is 1. The van der Waals surface area contributed by atoms with Crippen LogP contribution in [0.1, 0.15) is 16.1 Å². The Morgan fingerprint density at radius 2 is 2.11 bits per heavy atom. The SMILES string of the molecule is COc1ccc(NC(=O)c2c(-c3c(F)cccc3Cl)noc2C)cc1[N+](=O)[O-]. The number of nitrogens with zero attached hydrogens (tertiary/aromatic N) is 2. The number of hydrogen-bond acceptors (Lipinski definition) is 6. The van der Waals surface area contributed by atoms with Gasteiger partial charge in [0.15, 0.2) is 5.75 Å². The normalized spacial score (nSPS) is 10.6. The van der Waals surface area contributed by atoms with Crippen LogP contribution in [0.15, 0.2) is 40.9 Å². The first-order valence-corrected chi connectivity index (χ1v) is 8.25. The fourth-order valence-corrected chi connectivity index (χ4v) is 2.89. The van der Waals surface area contributed by atoms with Crippen LogP contribution in [0, 0.1) is 22.9 Å². The molecule has 3 aromatic rings. The molecule has 0 unspecified atom stereocenters. The van der Waals surface area contributed by atoms with Gasteiger partial charge in [-0.3, -0.25) is 14.9 Å². The van der Waals surface area contributed by atoms with Crippen molar-refractivity contribution in [3.05, 3.63) is 68.7 Å². The number of nitro benzene ring substituents is 1. The topological polar surface area (TPSA) is 108 Å². The minimum atomic E-state index is -0.687. The highest BCUT2D eigenvalue weighted by Gasteiger charge is 2.26. The number of halogens is 2. The lowest BCUT2D eigenvalue weighted by Gasteiger charge is -2.08. The van der Waals surface area contributed by atoms with Crippen LogP contribution < -0.4 is 10.1 Å². The summed E-state index contributed by atoms with van der Waals surface area (Å²) in [6, 6.07) is 7.99. The van der Waals surface area contributed by atoms with E-state index < -0.39 is 16.6 Å². The molecule has 0 saturated heterocycles. The summed E-state index contributed by atoms with van der Waals surface area (Å²) in [4.78, 5) is 23.3. The monoisotopic (exact) mass is 405 g/mol. The Labute approximate surface area is 163 Å². The van der Waals surface area contributed by atoms with E-state index in [9.17, 15) is 19.3 Å². The van der Waals surface area contributed by atoms with Crippen molar-refractivity contribution in [3.63, 3.8) is 0 Å². The van der Waals surface area contributed by atoms with Crippen LogP contribution in [0.5, 0.6) is 5.75 Å². The first-order chi connectivity index (χ1) is 13.3. The maximum absolute atomic E-state index is 14.3. The Morgan fingerprint density at radius 3 is 2.75 bits per heavy atom. The van der Waals surface area contributed by atoms with Crippen molar-refractivity contribution in [3.8, 4) is 17.0 Å². The van der Waals surface area contributed by atoms with Gasteiger partial charge in [0.05, 0.1) is 22.6 Å². The molecule has 1 N–H and O–H groups in total. The highest BCUT2D eigenvalue weighted by molar-refractivity contribution is 6.33. The van der Waals surface area contributed by atoms with Crippen molar-refractivity contribution < 1.29 is 23.4 Å². The molecule has 0 spiro atoms. The Bertz CT molecular complexity index is 1060. The number of carbonyl (C=O) groups excluding carboxylic acids is 1.